The van der Waals surface area contributed by atoms with Crippen LogP contribution in [0.25, 0.3) is 22.2 Å². The normalized spacial score (nSPS) is 16.0. The van der Waals surface area contributed by atoms with E-state index in [0.29, 0.717) is 11.4 Å². The van der Waals surface area contributed by atoms with E-state index in [1.54, 1.807) is 12.1 Å². The van der Waals surface area contributed by atoms with Crippen LogP contribution in [0.2, 0.25) is 0 Å². The van der Waals surface area contributed by atoms with Gasteiger partial charge in [-0.25, -0.2) is 4.98 Å². The number of phenols is 1. The fourth-order valence-electron chi connectivity index (χ4n) is 3.59. The van der Waals surface area contributed by atoms with Crippen LogP contribution in [0.5, 0.6) is 5.75 Å². The predicted molar refractivity (Wildman–Crippen MR) is 89.6 cm³/mol. The standard InChI is InChI=1S/C18H19N3O2/c22-14-8-6-12(7-9-14)15-10-21(13-4-2-1-3-5-13)17-16(15)18(23)20-11-19-17/h6-11,13,22H,1-5H2,(H,19,20,23). The summed E-state index contributed by atoms with van der Waals surface area (Å²) in [6.07, 6.45) is 9.53. The Kier molecular flexibility index (Phi) is 3.41. The predicted octanol–water partition coefficient (Wildman–Crippen LogP) is 3.60. The van der Waals surface area contributed by atoms with E-state index in [-0.39, 0.29) is 11.3 Å². The molecule has 0 saturated heterocycles. The molecule has 3 aromatic rings. The van der Waals surface area contributed by atoms with E-state index in [0.717, 1.165) is 29.6 Å². The number of aromatic nitrogens is 3. The van der Waals surface area contributed by atoms with Crippen LogP contribution < -0.4 is 5.56 Å². The smallest absolute Gasteiger partial charge is 0.260 e. The number of fused-ring (bicyclic) bond motifs is 1. The number of nitrogens with zero attached hydrogens (tertiary/aromatic N) is 2. The Morgan fingerprint density at radius 2 is 1.87 bits per heavy atom. The highest BCUT2D eigenvalue weighted by atomic mass is 16.3. The second kappa shape index (κ2) is 5.57. The first-order valence-electron chi connectivity index (χ1n) is 8.11. The molecule has 4 rings (SSSR count). The lowest BCUT2D eigenvalue weighted by molar-refractivity contribution is 0.360. The fraction of sp³-hybridized carbons (Fsp3) is 0.333. The summed E-state index contributed by atoms with van der Waals surface area (Å²) in [5.74, 6) is 0.219. The number of hydrogen-bond acceptors (Lipinski definition) is 3. The summed E-state index contributed by atoms with van der Waals surface area (Å²) in [7, 11) is 0. The topological polar surface area (TPSA) is 70.9 Å². The van der Waals surface area contributed by atoms with Crippen LogP contribution in [0, 0.1) is 0 Å². The third kappa shape index (κ3) is 2.42. The molecular formula is C18H19N3O2. The molecule has 118 valence electrons. The Morgan fingerprint density at radius 3 is 2.61 bits per heavy atom. The minimum Gasteiger partial charge on any atom is -0.508 e. The van der Waals surface area contributed by atoms with Crippen LogP contribution >= 0.6 is 0 Å². The highest BCUT2D eigenvalue weighted by Gasteiger charge is 2.21. The van der Waals surface area contributed by atoms with Crippen molar-refractivity contribution in [1.82, 2.24) is 14.5 Å². The molecule has 1 saturated carbocycles. The van der Waals surface area contributed by atoms with Gasteiger partial charge in [0.05, 0.1) is 11.7 Å². The first kappa shape index (κ1) is 14.1. The van der Waals surface area contributed by atoms with E-state index >= 15 is 0 Å². The summed E-state index contributed by atoms with van der Waals surface area (Å²) < 4.78 is 2.17. The van der Waals surface area contributed by atoms with Crippen molar-refractivity contribution in [2.45, 2.75) is 38.1 Å². The quantitative estimate of drug-likeness (QED) is 0.759. The van der Waals surface area contributed by atoms with Crippen LogP contribution in [-0.4, -0.2) is 19.6 Å². The van der Waals surface area contributed by atoms with E-state index in [1.807, 2.05) is 12.1 Å². The van der Waals surface area contributed by atoms with Gasteiger partial charge in [-0.05, 0) is 30.5 Å². The van der Waals surface area contributed by atoms with Crippen molar-refractivity contribution in [3.05, 3.63) is 47.1 Å². The van der Waals surface area contributed by atoms with Crippen molar-refractivity contribution in [2.75, 3.05) is 0 Å². The van der Waals surface area contributed by atoms with Gasteiger partial charge >= 0.3 is 0 Å². The molecule has 1 aliphatic rings. The average Bonchev–Trinajstić information content (AvgIpc) is 2.97. The summed E-state index contributed by atoms with van der Waals surface area (Å²) in [6.45, 7) is 0. The van der Waals surface area contributed by atoms with E-state index < -0.39 is 0 Å². The molecule has 2 N–H and O–H groups in total. The molecule has 1 fully saturated rings. The molecular weight excluding hydrogens is 290 g/mol. The summed E-state index contributed by atoms with van der Waals surface area (Å²) in [5.41, 5.74) is 2.43. The Bertz CT molecular complexity index is 887. The summed E-state index contributed by atoms with van der Waals surface area (Å²) >= 11 is 0. The van der Waals surface area contributed by atoms with Gasteiger partial charge in [0.2, 0.25) is 0 Å². The van der Waals surface area contributed by atoms with Gasteiger partial charge in [-0.1, -0.05) is 31.4 Å². The molecule has 0 spiro atoms. The molecule has 0 unspecified atom stereocenters. The maximum atomic E-state index is 12.4. The number of hydrogen-bond donors (Lipinski definition) is 2. The molecule has 5 nitrogen and oxygen atoms in total. The maximum Gasteiger partial charge on any atom is 0.260 e. The van der Waals surface area contributed by atoms with Crippen molar-refractivity contribution in [3.63, 3.8) is 0 Å². The van der Waals surface area contributed by atoms with Crippen LogP contribution in [0.1, 0.15) is 38.1 Å². The molecule has 2 aromatic heterocycles. The number of benzene rings is 1. The van der Waals surface area contributed by atoms with Crippen molar-refractivity contribution in [2.24, 2.45) is 0 Å². The lowest BCUT2D eigenvalue weighted by Gasteiger charge is -2.23. The first-order chi connectivity index (χ1) is 11.2. The molecule has 23 heavy (non-hydrogen) atoms. The highest BCUT2D eigenvalue weighted by Crippen LogP contribution is 2.35. The van der Waals surface area contributed by atoms with Gasteiger partial charge in [0, 0.05) is 17.8 Å². The average molecular weight is 309 g/mol. The molecule has 0 aliphatic heterocycles. The number of aromatic hydroxyl groups is 1. The molecule has 0 amide bonds. The van der Waals surface area contributed by atoms with Crippen LogP contribution in [0.4, 0.5) is 0 Å². The Balaban J connectivity index is 1.93. The zero-order valence-corrected chi connectivity index (χ0v) is 12.8. The number of rotatable bonds is 2. The molecule has 0 radical (unpaired) electrons. The summed E-state index contributed by atoms with van der Waals surface area (Å²) in [6, 6.07) is 7.36. The molecule has 1 aromatic carbocycles. The Hall–Kier alpha value is -2.56. The van der Waals surface area contributed by atoms with E-state index in [2.05, 4.69) is 20.7 Å². The van der Waals surface area contributed by atoms with Crippen molar-refractivity contribution >= 4 is 11.0 Å². The third-order valence-electron chi connectivity index (χ3n) is 4.76. The zero-order chi connectivity index (χ0) is 15.8. The van der Waals surface area contributed by atoms with Gasteiger partial charge < -0.3 is 14.7 Å². The van der Waals surface area contributed by atoms with Gasteiger partial charge in [-0.2, -0.15) is 0 Å². The van der Waals surface area contributed by atoms with E-state index in [4.69, 9.17) is 0 Å². The van der Waals surface area contributed by atoms with Gasteiger partial charge in [-0.3, -0.25) is 4.79 Å². The first-order valence-corrected chi connectivity index (χ1v) is 8.11. The summed E-state index contributed by atoms with van der Waals surface area (Å²) in [5, 5.41) is 10.1. The molecule has 5 heteroatoms. The Labute approximate surface area is 133 Å². The minimum atomic E-state index is -0.118. The second-order valence-electron chi connectivity index (χ2n) is 6.22. The largest absolute Gasteiger partial charge is 0.508 e. The lowest BCUT2D eigenvalue weighted by Crippen LogP contribution is -2.13. The third-order valence-corrected chi connectivity index (χ3v) is 4.76. The van der Waals surface area contributed by atoms with Crippen LogP contribution in [0.3, 0.4) is 0 Å². The second-order valence-corrected chi connectivity index (χ2v) is 6.22. The van der Waals surface area contributed by atoms with Crippen molar-refractivity contribution in [3.8, 4) is 16.9 Å². The number of H-pyrrole nitrogens is 1. The molecule has 2 heterocycles. The monoisotopic (exact) mass is 309 g/mol. The van der Waals surface area contributed by atoms with Crippen LogP contribution in [-0.2, 0) is 0 Å². The maximum absolute atomic E-state index is 12.4. The number of nitrogens with one attached hydrogen (secondary N) is 1. The van der Waals surface area contributed by atoms with Gasteiger partial charge in [-0.15, -0.1) is 0 Å². The van der Waals surface area contributed by atoms with E-state index in [1.165, 1.54) is 25.6 Å². The molecule has 1 aliphatic carbocycles. The zero-order valence-electron chi connectivity index (χ0n) is 12.8. The van der Waals surface area contributed by atoms with Gasteiger partial charge in [0.1, 0.15) is 11.4 Å². The van der Waals surface area contributed by atoms with Gasteiger partial charge in [0.15, 0.2) is 0 Å². The van der Waals surface area contributed by atoms with E-state index in [9.17, 15) is 9.90 Å². The van der Waals surface area contributed by atoms with Crippen LogP contribution in [0.15, 0.2) is 41.6 Å². The van der Waals surface area contributed by atoms with Gasteiger partial charge in [0.25, 0.3) is 5.56 Å². The molecule has 0 bridgehead atoms. The highest BCUT2D eigenvalue weighted by molar-refractivity contribution is 5.93. The summed E-state index contributed by atoms with van der Waals surface area (Å²) in [4.78, 5) is 19.5. The van der Waals surface area contributed by atoms with Crippen molar-refractivity contribution in [1.29, 1.82) is 0 Å². The fourth-order valence-corrected chi connectivity index (χ4v) is 3.59. The minimum absolute atomic E-state index is 0.118. The SMILES string of the molecule is O=c1[nH]cnc2c1c(-c1ccc(O)cc1)cn2C1CCCCC1. The number of aromatic amines is 1. The van der Waals surface area contributed by atoms with Crippen molar-refractivity contribution < 1.29 is 5.11 Å². The molecule has 0 atom stereocenters. The Morgan fingerprint density at radius 1 is 1.13 bits per heavy atom. The number of phenolic OH excluding ortho intramolecular Hbond substituents is 1. The lowest BCUT2D eigenvalue weighted by atomic mass is 9.95.